The summed E-state index contributed by atoms with van der Waals surface area (Å²) in [6, 6.07) is 5.13. The SMILES string of the molecule is O=C(CBr)c1nc2ccc(CO)cc2o1. The Morgan fingerprint density at radius 3 is 3.00 bits per heavy atom. The molecule has 0 fully saturated rings. The average Bonchev–Trinajstić information content (AvgIpc) is 2.70. The number of hydrogen-bond acceptors (Lipinski definition) is 4. The van der Waals surface area contributed by atoms with Gasteiger partial charge in [0.1, 0.15) is 5.52 Å². The minimum atomic E-state index is -0.197. The number of carbonyl (C=O) groups excluding carboxylic acids is 1. The molecule has 5 heteroatoms. The number of fused-ring (bicyclic) bond motifs is 1. The minimum Gasteiger partial charge on any atom is -0.434 e. The van der Waals surface area contributed by atoms with Crippen molar-refractivity contribution in [3.63, 3.8) is 0 Å². The Bertz CT molecular complexity index is 506. The molecule has 0 aliphatic heterocycles. The third-order valence-electron chi connectivity index (χ3n) is 2.00. The van der Waals surface area contributed by atoms with E-state index in [9.17, 15) is 4.79 Å². The molecule has 0 amide bonds. The molecule has 1 heterocycles. The highest BCUT2D eigenvalue weighted by Gasteiger charge is 2.12. The number of rotatable bonds is 3. The van der Waals surface area contributed by atoms with Crippen molar-refractivity contribution in [3.05, 3.63) is 29.7 Å². The van der Waals surface area contributed by atoms with Crippen LogP contribution in [0.25, 0.3) is 11.1 Å². The smallest absolute Gasteiger partial charge is 0.265 e. The Hall–Kier alpha value is -1.20. The quantitative estimate of drug-likeness (QED) is 0.683. The van der Waals surface area contributed by atoms with Gasteiger partial charge in [0.05, 0.1) is 11.9 Å². The van der Waals surface area contributed by atoms with Crippen LogP contribution in [-0.4, -0.2) is 21.2 Å². The van der Waals surface area contributed by atoms with Crippen molar-refractivity contribution in [1.29, 1.82) is 0 Å². The summed E-state index contributed by atoms with van der Waals surface area (Å²) in [6.07, 6.45) is 0. The van der Waals surface area contributed by atoms with E-state index < -0.39 is 0 Å². The lowest BCUT2D eigenvalue weighted by molar-refractivity contribution is 0.0989. The van der Waals surface area contributed by atoms with Crippen molar-refractivity contribution in [2.24, 2.45) is 0 Å². The number of Topliss-reactive ketones (excluding diaryl/α,β-unsaturated/α-hetero) is 1. The Morgan fingerprint density at radius 1 is 1.53 bits per heavy atom. The van der Waals surface area contributed by atoms with Crippen molar-refractivity contribution in [1.82, 2.24) is 4.98 Å². The van der Waals surface area contributed by atoms with Crippen molar-refractivity contribution >= 4 is 32.8 Å². The lowest BCUT2D eigenvalue weighted by Crippen LogP contribution is -1.99. The molecule has 4 nitrogen and oxygen atoms in total. The first kappa shape index (κ1) is 10.3. The first-order valence-electron chi connectivity index (χ1n) is 4.34. The molecular weight excluding hydrogens is 262 g/mol. The second-order valence-electron chi connectivity index (χ2n) is 3.04. The van der Waals surface area contributed by atoms with E-state index in [1.165, 1.54) is 0 Å². The molecule has 0 atom stereocenters. The zero-order valence-corrected chi connectivity index (χ0v) is 9.32. The summed E-state index contributed by atoms with van der Waals surface area (Å²) in [6.45, 7) is -0.0572. The van der Waals surface area contributed by atoms with Gasteiger partial charge in [-0.05, 0) is 17.7 Å². The zero-order chi connectivity index (χ0) is 10.8. The van der Waals surface area contributed by atoms with Crippen LogP contribution in [0.1, 0.15) is 16.2 Å². The summed E-state index contributed by atoms with van der Waals surface area (Å²) in [5, 5.41) is 9.11. The number of oxazole rings is 1. The van der Waals surface area contributed by atoms with Crippen LogP contribution in [0.5, 0.6) is 0 Å². The van der Waals surface area contributed by atoms with E-state index in [0.717, 1.165) is 5.56 Å². The molecule has 0 saturated carbocycles. The Balaban J connectivity index is 2.51. The number of alkyl halides is 1. The fourth-order valence-electron chi connectivity index (χ4n) is 1.24. The number of benzene rings is 1. The molecule has 0 aliphatic rings. The number of hydrogen-bond donors (Lipinski definition) is 1. The molecule has 78 valence electrons. The zero-order valence-electron chi connectivity index (χ0n) is 7.74. The predicted molar refractivity (Wildman–Crippen MR) is 58.1 cm³/mol. The predicted octanol–water partition coefficient (Wildman–Crippen LogP) is 1.90. The molecule has 0 aliphatic carbocycles. The minimum absolute atomic E-state index is 0.0572. The molecule has 1 aromatic heterocycles. The van der Waals surface area contributed by atoms with E-state index in [-0.39, 0.29) is 23.6 Å². The van der Waals surface area contributed by atoms with Gasteiger partial charge in [0.25, 0.3) is 5.89 Å². The van der Waals surface area contributed by atoms with Gasteiger partial charge in [-0.2, -0.15) is 0 Å². The number of halogens is 1. The number of aromatic nitrogens is 1. The molecule has 2 rings (SSSR count). The molecule has 1 N–H and O–H groups in total. The topological polar surface area (TPSA) is 63.3 Å². The molecule has 1 aromatic carbocycles. The van der Waals surface area contributed by atoms with E-state index in [4.69, 9.17) is 9.52 Å². The molecule has 0 radical (unpaired) electrons. The molecule has 0 spiro atoms. The maximum atomic E-state index is 11.3. The van der Waals surface area contributed by atoms with E-state index >= 15 is 0 Å². The Kier molecular flexibility index (Phi) is 2.83. The maximum absolute atomic E-state index is 11.3. The monoisotopic (exact) mass is 269 g/mol. The van der Waals surface area contributed by atoms with Crippen molar-refractivity contribution in [3.8, 4) is 0 Å². The number of ketones is 1. The largest absolute Gasteiger partial charge is 0.434 e. The summed E-state index contributed by atoms with van der Waals surface area (Å²) in [5.74, 6) is -0.103. The normalized spacial score (nSPS) is 10.8. The van der Waals surface area contributed by atoms with Crippen LogP contribution in [0.4, 0.5) is 0 Å². The van der Waals surface area contributed by atoms with Gasteiger partial charge in [0, 0.05) is 0 Å². The van der Waals surface area contributed by atoms with Crippen LogP contribution in [0.15, 0.2) is 22.6 Å². The van der Waals surface area contributed by atoms with Gasteiger partial charge in [-0.3, -0.25) is 4.79 Å². The Labute approximate surface area is 94.0 Å². The highest BCUT2D eigenvalue weighted by Crippen LogP contribution is 2.18. The highest BCUT2D eigenvalue weighted by molar-refractivity contribution is 9.09. The number of carbonyl (C=O) groups is 1. The summed E-state index contributed by atoms with van der Waals surface area (Å²) in [5.41, 5.74) is 1.87. The molecule has 0 unspecified atom stereocenters. The van der Waals surface area contributed by atoms with E-state index in [1.807, 2.05) is 0 Å². The van der Waals surface area contributed by atoms with E-state index in [0.29, 0.717) is 11.1 Å². The van der Waals surface area contributed by atoms with Crippen LogP contribution >= 0.6 is 15.9 Å². The first-order chi connectivity index (χ1) is 7.24. The number of aliphatic hydroxyl groups excluding tert-OH is 1. The van der Waals surface area contributed by atoms with Crippen LogP contribution in [0.2, 0.25) is 0 Å². The van der Waals surface area contributed by atoms with E-state index in [1.54, 1.807) is 18.2 Å². The second kappa shape index (κ2) is 4.12. The fraction of sp³-hybridized carbons (Fsp3) is 0.200. The van der Waals surface area contributed by atoms with Gasteiger partial charge in [-0.15, -0.1) is 0 Å². The van der Waals surface area contributed by atoms with Crippen LogP contribution in [0, 0.1) is 0 Å². The third-order valence-corrected chi connectivity index (χ3v) is 2.50. The van der Waals surface area contributed by atoms with Gasteiger partial charge in [0.15, 0.2) is 5.58 Å². The standard InChI is InChI=1S/C10H8BrNO3/c11-4-8(14)10-12-7-2-1-6(5-13)3-9(7)15-10/h1-3,13H,4-5H2. The molecule has 2 aromatic rings. The number of nitrogens with zero attached hydrogens (tertiary/aromatic N) is 1. The van der Waals surface area contributed by atoms with E-state index in [2.05, 4.69) is 20.9 Å². The van der Waals surface area contributed by atoms with Gasteiger partial charge >= 0.3 is 0 Å². The maximum Gasteiger partial charge on any atom is 0.265 e. The Morgan fingerprint density at radius 2 is 2.33 bits per heavy atom. The van der Waals surface area contributed by atoms with Crippen LogP contribution < -0.4 is 0 Å². The summed E-state index contributed by atoms with van der Waals surface area (Å²) < 4.78 is 5.26. The summed E-state index contributed by atoms with van der Waals surface area (Å²) in [4.78, 5) is 15.3. The molecule has 0 saturated heterocycles. The van der Waals surface area contributed by atoms with Gasteiger partial charge in [0.2, 0.25) is 5.78 Å². The van der Waals surface area contributed by atoms with Crippen molar-refractivity contribution in [2.75, 3.05) is 5.33 Å². The summed E-state index contributed by atoms with van der Waals surface area (Å²) >= 11 is 3.05. The average molecular weight is 270 g/mol. The van der Waals surface area contributed by atoms with Crippen molar-refractivity contribution in [2.45, 2.75) is 6.61 Å². The third kappa shape index (κ3) is 1.93. The fourth-order valence-corrected chi connectivity index (χ4v) is 1.48. The van der Waals surface area contributed by atoms with Gasteiger partial charge < -0.3 is 9.52 Å². The van der Waals surface area contributed by atoms with Crippen LogP contribution in [-0.2, 0) is 6.61 Å². The first-order valence-corrected chi connectivity index (χ1v) is 5.46. The summed E-state index contributed by atoms with van der Waals surface area (Å²) in [7, 11) is 0. The highest BCUT2D eigenvalue weighted by atomic mass is 79.9. The number of aliphatic hydroxyl groups is 1. The second-order valence-corrected chi connectivity index (χ2v) is 3.60. The van der Waals surface area contributed by atoms with Gasteiger partial charge in [-0.1, -0.05) is 22.0 Å². The molecular formula is C10H8BrNO3. The molecule has 0 bridgehead atoms. The van der Waals surface area contributed by atoms with Gasteiger partial charge in [-0.25, -0.2) is 4.98 Å². The lowest BCUT2D eigenvalue weighted by Gasteiger charge is -1.92. The van der Waals surface area contributed by atoms with Crippen LogP contribution in [0.3, 0.4) is 0 Å². The van der Waals surface area contributed by atoms with Crippen molar-refractivity contribution < 1.29 is 14.3 Å². The molecule has 15 heavy (non-hydrogen) atoms. The lowest BCUT2D eigenvalue weighted by atomic mass is 10.2.